The summed E-state index contributed by atoms with van der Waals surface area (Å²) in [5.41, 5.74) is 3.21. The molecule has 216 valence electrons. The molecule has 4 heterocycles. The number of benzene rings is 1. The Bertz CT molecular complexity index is 1520. The smallest absolute Gasteiger partial charge is 0.308 e. The van der Waals surface area contributed by atoms with Crippen LogP contribution in [0.25, 0.3) is 11.2 Å². The molecule has 3 aliphatic rings. The summed E-state index contributed by atoms with van der Waals surface area (Å²) in [6, 6.07) is 8.34. The molecule has 1 saturated heterocycles. The molecule has 1 saturated carbocycles. The van der Waals surface area contributed by atoms with Gasteiger partial charge in [-0.1, -0.05) is 31.0 Å². The topological polar surface area (TPSA) is 135 Å². The predicted molar refractivity (Wildman–Crippen MR) is 146 cm³/mol. The van der Waals surface area contributed by atoms with E-state index in [4.69, 9.17) is 30.5 Å². The molecule has 13 heteroatoms. The van der Waals surface area contributed by atoms with Gasteiger partial charge in [-0.2, -0.15) is 9.97 Å². The molecule has 2 fully saturated rings. The first-order chi connectivity index (χ1) is 19.7. The van der Waals surface area contributed by atoms with Crippen molar-refractivity contribution in [1.29, 1.82) is 0 Å². The number of rotatable bonds is 6. The second kappa shape index (κ2) is 10.6. The second-order valence-corrected chi connectivity index (χ2v) is 11.1. The van der Waals surface area contributed by atoms with Gasteiger partial charge in [-0.05, 0) is 36.1 Å². The number of fused-ring (bicyclic) bond motifs is 3. The van der Waals surface area contributed by atoms with Gasteiger partial charge in [0.15, 0.2) is 35.4 Å². The fourth-order valence-electron chi connectivity index (χ4n) is 6.54. The summed E-state index contributed by atoms with van der Waals surface area (Å²) in [7, 11) is 1.25. The van der Waals surface area contributed by atoms with Crippen molar-refractivity contribution in [2.24, 2.45) is 0 Å². The number of aromatic nitrogens is 4. The number of anilines is 2. The molecule has 1 spiro atoms. The Kier molecular flexibility index (Phi) is 7.06. The Morgan fingerprint density at radius 1 is 1.07 bits per heavy atom. The van der Waals surface area contributed by atoms with Crippen LogP contribution >= 0.6 is 11.6 Å². The molecule has 0 N–H and O–H groups in total. The highest BCUT2D eigenvalue weighted by Crippen LogP contribution is 2.53. The molecule has 0 bridgehead atoms. The molecule has 3 aromatic rings. The molecule has 2 aliphatic heterocycles. The van der Waals surface area contributed by atoms with Crippen molar-refractivity contribution in [3.8, 4) is 0 Å². The van der Waals surface area contributed by atoms with Crippen LogP contribution < -0.4 is 4.90 Å². The van der Waals surface area contributed by atoms with Crippen LogP contribution in [0.4, 0.5) is 11.5 Å². The van der Waals surface area contributed by atoms with Crippen LogP contribution in [0.5, 0.6) is 0 Å². The van der Waals surface area contributed by atoms with Crippen molar-refractivity contribution in [2.45, 2.75) is 75.9 Å². The summed E-state index contributed by atoms with van der Waals surface area (Å²) in [5, 5.41) is 0.00350. The van der Waals surface area contributed by atoms with Crippen LogP contribution in [0.15, 0.2) is 30.6 Å². The number of halogens is 1. The van der Waals surface area contributed by atoms with Crippen molar-refractivity contribution in [1.82, 2.24) is 19.5 Å². The van der Waals surface area contributed by atoms with E-state index in [2.05, 4.69) is 38.1 Å². The van der Waals surface area contributed by atoms with Crippen LogP contribution in [0.3, 0.4) is 0 Å². The van der Waals surface area contributed by atoms with Crippen molar-refractivity contribution in [3.63, 3.8) is 0 Å². The van der Waals surface area contributed by atoms with Crippen LogP contribution in [0.1, 0.15) is 57.7 Å². The largest absolute Gasteiger partial charge is 0.469 e. The number of ether oxygens (including phenoxy) is 4. The van der Waals surface area contributed by atoms with Crippen LogP contribution in [-0.2, 0) is 38.7 Å². The summed E-state index contributed by atoms with van der Waals surface area (Å²) < 4.78 is 23.7. The van der Waals surface area contributed by atoms with Gasteiger partial charge in [0.05, 0.1) is 19.9 Å². The molecular formula is C28H30ClN5O7. The summed E-state index contributed by atoms with van der Waals surface area (Å²) in [6.07, 6.45) is 1.62. The van der Waals surface area contributed by atoms with Gasteiger partial charge in [0.25, 0.3) is 0 Å². The summed E-state index contributed by atoms with van der Waals surface area (Å²) >= 11 is 6.50. The Morgan fingerprint density at radius 2 is 1.78 bits per heavy atom. The van der Waals surface area contributed by atoms with Gasteiger partial charge < -0.3 is 23.8 Å². The first kappa shape index (κ1) is 27.4. The lowest BCUT2D eigenvalue weighted by molar-refractivity contribution is -0.165. The number of hydrogen-bond acceptors (Lipinski definition) is 11. The molecule has 0 amide bonds. The molecule has 41 heavy (non-hydrogen) atoms. The molecule has 12 nitrogen and oxygen atoms in total. The standard InChI is InChI=1S/C28H30ClN5O7/c1-15(35)39-22-19(12-20(37)38-3)41-26(23(22)40-16(2)36)34-14-30-21-24(31-27(29)32-25(21)34)33-13-28(10-6-7-11-28)17-8-4-5-9-18(17)33/h4-5,8-9,14,19,22-23,26H,6-7,10-13H2,1-3H3/t19-,22-,23-,26-/m1/s1. The highest BCUT2D eigenvalue weighted by Gasteiger charge is 2.52. The molecular weight excluding hydrogens is 554 g/mol. The third-order valence-electron chi connectivity index (χ3n) is 8.18. The Morgan fingerprint density at radius 3 is 2.49 bits per heavy atom. The van der Waals surface area contributed by atoms with Crippen LogP contribution in [0.2, 0.25) is 5.28 Å². The summed E-state index contributed by atoms with van der Waals surface area (Å²) in [5.74, 6) is -1.26. The van der Waals surface area contributed by atoms with E-state index in [1.807, 2.05) is 6.07 Å². The number of methoxy groups -OCH3 is 1. The molecule has 4 atom stereocenters. The Balaban J connectivity index is 1.43. The minimum absolute atomic E-state index is 0.00350. The zero-order chi connectivity index (χ0) is 28.9. The summed E-state index contributed by atoms with van der Waals surface area (Å²) in [6.45, 7) is 3.21. The fraction of sp³-hybridized carbons (Fsp3) is 0.500. The van der Waals surface area contributed by atoms with Gasteiger partial charge in [0, 0.05) is 31.5 Å². The second-order valence-electron chi connectivity index (χ2n) is 10.7. The molecule has 1 aliphatic carbocycles. The van der Waals surface area contributed by atoms with E-state index in [1.165, 1.54) is 45.7 Å². The van der Waals surface area contributed by atoms with Crippen LogP contribution in [-0.4, -0.2) is 69.4 Å². The lowest BCUT2D eigenvalue weighted by Crippen LogP contribution is -2.39. The number of para-hydroxylation sites is 1. The summed E-state index contributed by atoms with van der Waals surface area (Å²) in [4.78, 5) is 52.2. The number of esters is 3. The number of carbonyl (C=O) groups excluding carboxylic acids is 3. The monoisotopic (exact) mass is 583 g/mol. The highest BCUT2D eigenvalue weighted by atomic mass is 35.5. The van der Waals surface area contributed by atoms with E-state index >= 15 is 0 Å². The zero-order valence-electron chi connectivity index (χ0n) is 22.9. The predicted octanol–water partition coefficient (Wildman–Crippen LogP) is 3.77. The van der Waals surface area contributed by atoms with Gasteiger partial charge in [0.1, 0.15) is 6.10 Å². The van der Waals surface area contributed by atoms with E-state index in [1.54, 1.807) is 4.57 Å². The van der Waals surface area contributed by atoms with Gasteiger partial charge in [-0.25, -0.2) is 4.98 Å². The first-order valence-electron chi connectivity index (χ1n) is 13.5. The average Bonchev–Trinajstić information content (AvgIpc) is 3.71. The molecule has 1 aromatic carbocycles. The molecule has 0 unspecified atom stereocenters. The Labute approximate surface area is 240 Å². The average molecular weight is 584 g/mol. The maximum Gasteiger partial charge on any atom is 0.308 e. The molecule has 0 radical (unpaired) electrons. The maximum atomic E-state index is 12.2. The Hall–Kier alpha value is -3.77. The number of carbonyl (C=O) groups is 3. The van der Waals surface area contributed by atoms with Crippen LogP contribution in [0, 0.1) is 0 Å². The number of nitrogens with zero attached hydrogens (tertiary/aromatic N) is 5. The SMILES string of the molecule is COC(=O)C[C@H]1O[C@@H](n2cnc3c(N4CC5(CCCC5)c5ccccc54)nc(Cl)nc32)[C@H](OC(C)=O)[C@@H]1OC(C)=O. The van der Waals surface area contributed by atoms with E-state index in [9.17, 15) is 14.4 Å². The van der Waals surface area contributed by atoms with E-state index in [0.29, 0.717) is 17.0 Å². The lowest BCUT2D eigenvalue weighted by Gasteiger charge is -2.25. The molecule has 2 aromatic heterocycles. The van der Waals surface area contributed by atoms with E-state index in [-0.39, 0.29) is 17.1 Å². The highest BCUT2D eigenvalue weighted by molar-refractivity contribution is 6.28. The van der Waals surface area contributed by atoms with Crippen molar-refractivity contribution in [3.05, 3.63) is 41.4 Å². The number of imidazole rings is 1. The van der Waals surface area contributed by atoms with E-state index < -0.39 is 42.4 Å². The minimum atomic E-state index is -1.10. The van der Waals surface area contributed by atoms with E-state index in [0.717, 1.165) is 25.1 Å². The lowest BCUT2D eigenvalue weighted by atomic mass is 9.81. The van der Waals surface area contributed by atoms with Crippen molar-refractivity contribution in [2.75, 3.05) is 18.6 Å². The quantitative estimate of drug-likeness (QED) is 0.238. The zero-order valence-corrected chi connectivity index (χ0v) is 23.7. The van der Waals surface area contributed by atoms with Gasteiger partial charge >= 0.3 is 17.9 Å². The van der Waals surface area contributed by atoms with Crippen molar-refractivity contribution >= 4 is 52.2 Å². The normalized spacial score (nSPS) is 24.5. The van der Waals surface area contributed by atoms with Gasteiger partial charge in [0.2, 0.25) is 5.28 Å². The maximum absolute atomic E-state index is 12.2. The number of hydrogen-bond donors (Lipinski definition) is 0. The minimum Gasteiger partial charge on any atom is -0.469 e. The molecule has 6 rings (SSSR count). The van der Waals surface area contributed by atoms with Gasteiger partial charge in [-0.3, -0.25) is 19.0 Å². The third kappa shape index (κ3) is 4.78. The third-order valence-corrected chi connectivity index (χ3v) is 8.35. The first-order valence-corrected chi connectivity index (χ1v) is 13.9. The van der Waals surface area contributed by atoms with Gasteiger partial charge in [-0.15, -0.1) is 0 Å². The fourth-order valence-corrected chi connectivity index (χ4v) is 6.70. The van der Waals surface area contributed by atoms with Crippen molar-refractivity contribution < 1.29 is 33.3 Å².